The molecule has 0 aliphatic heterocycles. The van der Waals surface area contributed by atoms with Crippen molar-refractivity contribution in [3.8, 4) is 6.07 Å². The third-order valence-electron chi connectivity index (χ3n) is 4.03. The van der Waals surface area contributed by atoms with Crippen LogP contribution in [0, 0.1) is 17.1 Å². The van der Waals surface area contributed by atoms with Crippen molar-refractivity contribution >= 4 is 0 Å². The Morgan fingerprint density at radius 2 is 1.88 bits per heavy atom. The molecule has 0 unspecified atom stereocenters. The summed E-state index contributed by atoms with van der Waals surface area (Å²) in [6.45, 7) is 3.19. The van der Waals surface area contributed by atoms with Crippen LogP contribution >= 0.6 is 0 Å². The van der Waals surface area contributed by atoms with E-state index < -0.39 is 11.5 Å². The van der Waals surface area contributed by atoms with Crippen molar-refractivity contribution in [2.24, 2.45) is 14.1 Å². The second-order valence-corrected chi connectivity index (χ2v) is 5.60. The summed E-state index contributed by atoms with van der Waals surface area (Å²) in [6.07, 6.45) is 0. The summed E-state index contributed by atoms with van der Waals surface area (Å²) >= 11 is 0. The maximum absolute atomic E-state index is 14.0. The Morgan fingerprint density at radius 1 is 1.17 bits per heavy atom. The topological polar surface area (TPSA) is 71.0 Å². The molecule has 0 fully saturated rings. The first-order valence-electron chi connectivity index (χ1n) is 7.54. The Kier molecular flexibility index (Phi) is 5.31. The third-order valence-corrected chi connectivity index (χ3v) is 4.03. The van der Waals surface area contributed by atoms with Crippen molar-refractivity contribution in [2.75, 3.05) is 6.54 Å². The standard InChI is InChI=1S/C17H19FN4O2/c1-4-22(10-13-6-5-12(9-19)7-15(13)18)11-14-8-16(23)21(3)17(24)20(14)2/h5-8H,4,10-11H2,1-3H3. The Bertz CT molecular complexity index is 908. The van der Waals surface area contributed by atoms with E-state index >= 15 is 0 Å². The van der Waals surface area contributed by atoms with E-state index in [4.69, 9.17) is 5.26 Å². The van der Waals surface area contributed by atoms with Crippen molar-refractivity contribution in [1.82, 2.24) is 14.0 Å². The van der Waals surface area contributed by atoms with Gasteiger partial charge >= 0.3 is 5.69 Å². The molecule has 0 aliphatic rings. The van der Waals surface area contributed by atoms with Crippen LogP contribution in [0.2, 0.25) is 0 Å². The van der Waals surface area contributed by atoms with E-state index in [0.29, 0.717) is 30.9 Å². The molecule has 1 aromatic carbocycles. The highest BCUT2D eigenvalue weighted by molar-refractivity contribution is 5.32. The molecule has 0 saturated carbocycles. The van der Waals surface area contributed by atoms with Crippen LogP contribution in [0.15, 0.2) is 33.9 Å². The zero-order valence-electron chi connectivity index (χ0n) is 13.9. The molecule has 2 rings (SSSR count). The number of rotatable bonds is 5. The number of aromatic nitrogens is 2. The molecule has 0 N–H and O–H groups in total. The van der Waals surface area contributed by atoms with Crippen LogP contribution in [0.5, 0.6) is 0 Å². The predicted molar refractivity (Wildman–Crippen MR) is 87.8 cm³/mol. The number of halogens is 1. The van der Waals surface area contributed by atoms with Crippen molar-refractivity contribution in [2.45, 2.75) is 20.0 Å². The summed E-state index contributed by atoms with van der Waals surface area (Å²) < 4.78 is 16.5. The molecule has 2 aromatic rings. The van der Waals surface area contributed by atoms with Crippen LogP contribution < -0.4 is 11.2 Å². The van der Waals surface area contributed by atoms with Gasteiger partial charge in [-0.15, -0.1) is 0 Å². The van der Waals surface area contributed by atoms with Crippen LogP contribution in [0.3, 0.4) is 0 Å². The van der Waals surface area contributed by atoms with E-state index in [2.05, 4.69) is 0 Å². The van der Waals surface area contributed by atoms with Crippen molar-refractivity contribution < 1.29 is 4.39 Å². The molecule has 6 nitrogen and oxygen atoms in total. The maximum Gasteiger partial charge on any atom is 0.330 e. The van der Waals surface area contributed by atoms with Gasteiger partial charge in [-0.25, -0.2) is 9.18 Å². The molecule has 0 radical (unpaired) electrons. The summed E-state index contributed by atoms with van der Waals surface area (Å²) in [6, 6.07) is 7.67. The maximum atomic E-state index is 14.0. The number of benzene rings is 1. The Hall–Kier alpha value is -2.72. The minimum Gasteiger partial charge on any atom is -0.299 e. The molecule has 126 valence electrons. The lowest BCUT2D eigenvalue weighted by Gasteiger charge is -2.22. The number of nitrogens with zero attached hydrogens (tertiary/aromatic N) is 4. The molecule has 0 spiro atoms. The first-order valence-corrected chi connectivity index (χ1v) is 7.54. The van der Waals surface area contributed by atoms with Gasteiger partial charge in [0.2, 0.25) is 0 Å². The average molecular weight is 330 g/mol. The van der Waals surface area contributed by atoms with Gasteiger partial charge in [-0.2, -0.15) is 5.26 Å². The molecule has 1 aromatic heterocycles. The molecular weight excluding hydrogens is 311 g/mol. The molecule has 24 heavy (non-hydrogen) atoms. The zero-order valence-corrected chi connectivity index (χ0v) is 13.9. The number of nitriles is 1. The van der Waals surface area contributed by atoms with E-state index in [1.54, 1.807) is 19.2 Å². The quantitative estimate of drug-likeness (QED) is 0.823. The molecule has 0 amide bonds. The summed E-state index contributed by atoms with van der Waals surface area (Å²) in [5.74, 6) is -0.439. The van der Waals surface area contributed by atoms with Crippen molar-refractivity contribution in [3.05, 3.63) is 67.7 Å². The van der Waals surface area contributed by atoms with E-state index in [0.717, 1.165) is 4.57 Å². The molecule has 0 aliphatic carbocycles. The summed E-state index contributed by atoms with van der Waals surface area (Å²) in [5, 5.41) is 8.79. The van der Waals surface area contributed by atoms with Crippen LogP contribution in [-0.4, -0.2) is 20.6 Å². The molecule has 1 heterocycles. The van der Waals surface area contributed by atoms with Gasteiger partial charge in [0, 0.05) is 44.5 Å². The summed E-state index contributed by atoms with van der Waals surface area (Å²) in [4.78, 5) is 25.7. The zero-order chi connectivity index (χ0) is 17.9. The van der Waals surface area contributed by atoms with E-state index in [1.807, 2.05) is 17.9 Å². The van der Waals surface area contributed by atoms with Crippen LogP contribution in [0.4, 0.5) is 4.39 Å². The smallest absolute Gasteiger partial charge is 0.299 e. The van der Waals surface area contributed by atoms with Gasteiger partial charge in [-0.1, -0.05) is 13.0 Å². The van der Waals surface area contributed by atoms with Crippen molar-refractivity contribution in [3.63, 3.8) is 0 Å². The van der Waals surface area contributed by atoms with Crippen LogP contribution in [-0.2, 0) is 27.2 Å². The van der Waals surface area contributed by atoms with E-state index in [-0.39, 0.29) is 11.1 Å². The second kappa shape index (κ2) is 7.23. The Morgan fingerprint density at radius 3 is 2.46 bits per heavy atom. The average Bonchev–Trinajstić information content (AvgIpc) is 2.58. The molecular formula is C17H19FN4O2. The normalized spacial score (nSPS) is 10.8. The number of hydrogen-bond donors (Lipinski definition) is 0. The highest BCUT2D eigenvalue weighted by atomic mass is 19.1. The van der Waals surface area contributed by atoms with Gasteiger partial charge in [0.05, 0.1) is 11.6 Å². The fourth-order valence-corrected chi connectivity index (χ4v) is 2.42. The second-order valence-electron chi connectivity index (χ2n) is 5.60. The van der Waals surface area contributed by atoms with Gasteiger partial charge in [0.25, 0.3) is 5.56 Å². The van der Waals surface area contributed by atoms with Gasteiger partial charge in [0.15, 0.2) is 0 Å². The van der Waals surface area contributed by atoms with Gasteiger partial charge in [-0.05, 0) is 18.7 Å². The first-order chi connectivity index (χ1) is 11.4. The molecule has 0 bridgehead atoms. The summed E-state index contributed by atoms with van der Waals surface area (Å²) in [7, 11) is 3.03. The van der Waals surface area contributed by atoms with Gasteiger partial charge < -0.3 is 0 Å². The monoisotopic (exact) mass is 330 g/mol. The van der Waals surface area contributed by atoms with Gasteiger partial charge in [0.1, 0.15) is 5.82 Å². The third kappa shape index (κ3) is 3.60. The lowest BCUT2D eigenvalue weighted by molar-refractivity contribution is 0.259. The van der Waals surface area contributed by atoms with E-state index in [9.17, 15) is 14.0 Å². The predicted octanol–water partition coefficient (Wildman–Crippen LogP) is 1.12. The highest BCUT2D eigenvalue weighted by Crippen LogP contribution is 2.14. The SMILES string of the molecule is CCN(Cc1ccc(C#N)cc1F)Cc1cc(=O)n(C)c(=O)n1C. The van der Waals surface area contributed by atoms with Crippen LogP contribution in [0.1, 0.15) is 23.7 Å². The van der Waals surface area contributed by atoms with E-state index in [1.165, 1.54) is 23.7 Å². The molecule has 0 atom stereocenters. The minimum absolute atomic E-state index is 0.272. The molecule has 7 heteroatoms. The largest absolute Gasteiger partial charge is 0.330 e. The lowest BCUT2D eigenvalue weighted by atomic mass is 10.1. The van der Waals surface area contributed by atoms with Crippen molar-refractivity contribution in [1.29, 1.82) is 5.26 Å². The Labute approximate surface area is 139 Å². The highest BCUT2D eigenvalue weighted by Gasteiger charge is 2.13. The van der Waals surface area contributed by atoms with Gasteiger partial charge in [-0.3, -0.25) is 18.8 Å². The lowest BCUT2D eigenvalue weighted by Crippen LogP contribution is -2.39. The molecule has 0 saturated heterocycles. The Balaban J connectivity index is 2.27. The fourth-order valence-electron chi connectivity index (χ4n) is 2.42. The minimum atomic E-state index is -0.439. The number of hydrogen-bond acceptors (Lipinski definition) is 4. The van der Waals surface area contributed by atoms with Crippen LogP contribution in [0.25, 0.3) is 0 Å². The fraction of sp³-hybridized carbons (Fsp3) is 0.353. The first kappa shape index (κ1) is 17.6. The summed E-state index contributed by atoms with van der Waals surface area (Å²) in [5.41, 5.74) is 0.545.